The summed E-state index contributed by atoms with van der Waals surface area (Å²) >= 11 is 3.33. The van der Waals surface area contributed by atoms with Crippen molar-refractivity contribution in [2.24, 2.45) is 0 Å². The van der Waals surface area contributed by atoms with Crippen molar-refractivity contribution in [3.8, 4) is 11.4 Å². The van der Waals surface area contributed by atoms with Gasteiger partial charge in [-0.25, -0.2) is 9.78 Å². The lowest BCUT2D eigenvalue weighted by Crippen LogP contribution is -2.33. The number of hydrogen-bond donors (Lipinski definition) is 0. The van der Waals surface area contributed by atoms with E-state index in [1.807, 2.05) is 37.3 Å². The van der Waals surface area contributed by atoms with Crippen LogP contribution < -0.4 is 10.4 Å². The Balaban J connectivity index is 1.89. The largest absolute Gasteiger partial charge is 0.363 e. The molecule has 5 nitrogen and oxygen atoms in total. The summed E-state index contributed by atoms with van der Waals surface area (Å²) in [4.78, 5) is 35.8. The summed E-state index contributed by atoms with van der Waals surface area (Å²) in [6, 6.07) is 21.2. The predicted octanol–water partition coefficient (Wildman–Crippen LogP) is 4.40. The second-order valence-corrected chi connectivity index (χ2v) is 7.22. The molecular weight excluding hydrogens is 420 g/mol. The zero-order chi connectivity index (χ0) is 19.7. The van der Waals surface area contributed by atoms with Crippen LogP contribution >= 0.6 is 15.9 Å². The maximum Gasteiger partial charge on any atom is 0.363 e. The minimum atomic E-state index is -0.638. The van der Waals surface area contributed by atoms with E-state index in [1.54, 1.807) is 42.5 Å². The Hall–Kier alpha value is -3.25. The molecule has 0 radical (unpaired) electrons. The third-order valence-electron chi connectivity index (χ3n) is 4.27. The van der Waals surface area contributed by atoms with Crippen molar-refractivity contribution in [3.63, 3.8) is 0 Å². The molecule has 0 atom stereocenters. The Morgan fingerprint density at radius 2 is 1.75 bits per heavy atom. The molecule has 0 aliphatic carbocycles. The van der Waals surface area contributed by atoms with Crippen LogP contribution in [0.3, 0.4) is 0 Å². The normalized spacial score (nSPS) is 10.8. The highest BCUT2D eigenvalue weighted by Crippen LogP contribution is 2.20. The number of nitrogens with zero attached hydrogens (tertiary/aromatic N) is 2. The van der Waals surface area contributed by atoms with E-state index >= 15 is 0 Å². The molecule has 0 N–H and O–H groups in total. The molecule has 0 amide bonds. The van der Waals surface area contributed by atoms with Gasteiger partial charge in [-0.05, 0) is 49.4 Å². The standard InChI is InChI=1S/C22H15BrN2O3/c1-14-5-4-6-16(13-14)20-24-19-8-3-2-7-18(19)21(26)25(20)28-22(27)15-9-11-17(23)12-10-15/h2-13H,1H3. The molecule has 0 saturated heterocycles. The maximum absolute atomic E-state index is 13.1. The first kappa shape index (κ1) is 18.1. The SMILES string of the molecule is Cc1cccc(-c2nc3ccccc3c(=O)n2OC(=O)c2ccc(Br)cc2)c1. The highest BCUT2D eigenvalue weighted by atomic mass is 79.9. The fourth-order valence-electron chi connectivity index (χ4n) is 2.89. The average molecular weight is 435 g/mol. The molecule has 0 saturated carbocycles. The van der Waals surface area contributed by atoms with Crippen molar-refractivity contribution >= 4 is 32.8 Å². The lowest BCUT2D eigenvalue weighted by Gasteiger charge is -2.13. The molecule has 138 valence electrons. The third kappa shape index (κ3) is 3.46. The van der Waals surface area contributed by atoms with Gasteiger partial charge in [0.1, 0.15) is 0 Å². The number of aromatic nitrogens is 2. The Labute approximate surface area is 169 Å². The molecular formula is C22H15BrN2O3. The van der Waals surface area contributed by atoms with Gasteiger partial charge in [0.25, 0.3) is 5.56 Å². The van der Waals surface area contributed by atoms with Crippen LogP contribution in [0.2, 0.25) is 0 Å². The molecule has 0 fully saturated rings. The Morgan fingerprint density at radius 3 is 2.50 bits per heavy atom. The fraction of sp³-hybridized carbons (Fsp3) is 0.0455. The first-order valence-electron chi connectivity index (χ1n) is 8.60. The number of hydrogen-bond acceptors (Lipinski definition) is 4. The van der Waals surface area contributed by atoms with E-state index in [-0.39, 0.29) is 5.82 Å². The molecule has 6 heteroatoms. The number of halogens is 1. The fourth-order valence-corrected chi connectivity index (χ4v) is 3.15. The van der Waals surface area contributed by atoms with Crippen LogP contribution in [0.25, 0.3) is 22.3 Å². The van der Waals surface area contributed by atoms with Crippen LogP contribution in [-0.2, 0) is 0 Å². The van der Waals surface area contributed by atoms with Gasteiger partial charge in [-0.1, -0.05) is 51.8 Å². The number of fused-ring (bicyclic) bond motifs is 1. The number of carbonyl (C=O) groups is 1. The first-order valence-corrected chi connectivity index (χ1v) is 9.39. The van der Waals surface area contributed by atoms with Crippen LogP contribution in [0, 0.1) is 6.92 Å². The number of para-hydroxylation sites is 1. The van der Waals surface area contributed by atoms with E-state index in [2.05, 4.69) is 20.9 Å². The van der Waals surface area contributed by atoms with E-state index in [0.29, 0.717) is 22.0 Å². The van der Waals surface area contributed by atoms with Gasteiger partial charge < -0.3 is 4.84 Å². The van der Waals surface area contributed by atoms with Crippen molar-refractivity contribution in [2.45, 2.75) is 6.92 Å². The molecule has 1 heterocycles. The summed E-state index contributed by atoms with van der Waals surface area (Å²) in [5.41, 5.74) is 2.13. The Morgan fingerprint density at radius 1 is 1.00 bits per heavy atom. The van der Waals surface area contributed by atoms with Crippen LogP contribution in [0.1, 0.15) is 15.9 Å². The molecule has 1 aromatic heterocycles. The van der Waals surface area contributed by atoms with E-state index in [4.69, 9.17) is 4.84 Å². The summed E-state index contributed by atoms with van der Waals surface area (Å²) < 4.78 is 1.82. The zero-order valence-electron chi connectivity index (χ0n) is 14.9. The van der Waals surface area contributed by atoms with Gasteiger partial charge in [0, 0.05) is 10.0 Å². The van der Waals surface area contributed by atoms with Gasteiger partial charge in [0.15, 0.2) is 5.82 Å². The van der Waals surface area contributed by atoms with Gasteiger partial charge in [0.05, 0.1) is 16.5 Å². The van der Waals surface area contributed by atoms with E-state index in [1.165, 1.54) is 0 Å². The van der Waals surface area contributed by atoms with Crippen molar-refractivity contribution in [1.29, 1.82) is 0 Å². The smallest absolute Gasteiger partial charge is 0.326 e. The minimum Gasteiger partial charge on any atom is -0.326 e. The Bertz CT molecular complexity index is 1250. The second kappa shape index (κ2) is 7.40. The quantitative estimate of drug-likeness (QED) is 0.479. The van der Waals surface area contributed by atoms with Gasteiger partial charge in [-0.3, -0.25) is 4.79 Å². The lowest BCUT2D eigenvalue weighted by molar-refractivity contribution is 0.0449. The molecule has 28 heavy (non-hydrogen) atoms. The number of rotatable bonds is 3. The number of carbonyl (C=O) groups excluding carboxylic acids is 1. The van der Waals surface area contributed by atoms with Crippen LogP contribution in [0.4, 0.5) is 0 Å². The van der Waals surface area contributed by atoms with Crippen molar-refractivity contribution < 1.29 is 9.63 Å². The van der Waals surface area contributed by atoms with Gasteiger partial charge in [-0.2, -0.15) is 0 Å². The predicted molar refractivity (Wildman–Crippen MR) is 111 cm³/mol. The lowest BCUT2D eigenvalue weighted by atomic mass is 10.1. The average Bonchev–Trinajstić information content (AvgIpc) is 2.70. The van der Waals surface area contributed by atoms with E-state index in [9.17, 15) is 9.59 Å². The topological polar surface area (TPSA) is 61.2 Å². The molecule has 0 aliphatic rings. The van der Waals surface area contributed by atoms with Crippen molar-refractivity contribution in [3.05, 3.63) is 98.7 Å². The Kier molecular flexibility index (Phi) is 4.79. The van der Waals surface area contributed by atoms with Gasteiger partial charge >= 0.3 is 5.97 Å². The molecule has 0 aliphatic heterocycles. The highest BCUT2D eigenvalue weighted by Gasteiger charge is 2.18. The summed E-state index contributed by atoms with van der Waals surface area (Å²) in [5, 5.41) is 0.377. The van der Waals surface area contributed by atoms with Crippen molar-refractivity contribution in [1.82, 2.24) is 9.71 Å². The molecule has 4 rings (SSSR count). The van der Waals surface area contributed by atoms with Crippen LogP contribution in [0.5, 0.6) is 0 Å². The first-order chi connectivity index (χ1) is 13.5. The van der Waals surface area contributed by atoms with E-state index in [0.717, 1.165) is 14.8 Å². The summed E-state index contributed by atoms with van der Waals surface area (Å²) in [6.07, 6.45) is 0. The highest BCUT2D eigenvalue weighted by molar-refractivity contribution is 9.10. The van der Waals surface area contributed by atoms with Crippen molar-refractivity contribution in [2.75, 3.05) is 0 Å². The molecule has 0 unspecified atom stereocenters. The van der Waals surface area contributed by atoms with Gasteiger partial charge in [-0.15, -0.1) is 4.73 Å². The molecule has 4 aromatic rings. The minimum absolute atomic E-state index is 0.276. The third-order valence-corrected chi connectivity index (χ3v) is 4.80. The molecule has 0 bridgehead atoms. The summed E-state index contributed by atoms with van der Waals surface area (Å²) in [5.74, 6) is -0.363. The molecule has 3 aromatic carbocycles. The molecule has 0 spiro atoms. The van der Waals surface area contributed by atoms with Gasteiger partial charge in [0.2, 0.25) is 0 Å². The number of aryl methyl sites for hydroxylation is 1. The summed E-state index contributed by atoms with van der Waals surface area (Å²) in [6.45, 7) is 1.95. The maximum atomic E-state index is 13.1. The monoisotopic (exact) mass is 434 g/mol. The number of benzene rings is 3. The summed E-state index contributed by atoms with van der Waals surface area (Å²) in [7, 11) is 0. The van der Waals surface area contributed by atoms with E-state index < -0.39 is 11.5 Å². The second-order valence-electron chi connectivity index (χ2n) is 6.31. The zero-order valence-corrected chi connectivity index (χ0v) is 16.5. The van der Waals surface area contributed by atoms with Crippen LogP contribution in [0.15, 0.2) is 82.1 Å². The van der Waals surface area contributed by atoms with Crippen LogP contribution in [-0.4, -0.2) is 15.7 Å².